The summed E-state index contributed by atoms with van der Waals surface area (Å²) in [6.45, 7) is 1.69. The summed E-state index contributed by atoms with van der Waals surface area (Å²) in [5.74, 6) is 2.47. The number of methoxy groups -OCH3 is 1. The number of benzene rings is 1. The Morgan fingerprint density at radius 1 is 1.00 bits per heavy atom. The fraction of sp³-hybridized carbons (Fsp3) is 0.619. The van der Waals surface area contributed by atoms with Crippen LogP contribution >= 0.6 is 0 Å². The quantitative estimate of drug-likeness (QED) is 0.599. The van der Waals surface area contributed by atoms with E-state index in [2.05, 4.69) is 0 Å². The van der Waals surface area contributed by atoms with Crippen molar-refractivity contribution in [1.82, 2.24) is 0 Å². The minimum atomic E-state index is -0.742. The predicted molar refractivity (Wildman–Crippen MR) is 93.5 cm³/mol. The van der Waals surface area contributed by atoms with Gasteiger partial charge in [0.15, 0.2) is 6.10 Å². The van der Waals surface area contributed by atoms with Crippen LogP contribution < -0.4 is 4.74 Å². The van der Waals surface area contributed by atoms with Gasteiger partial charge in [0.05, 0.1) is 12.5 Å². The number of ether oxygens (including phenoxy) is 2. The van der Waals surface area contributed by atoms with Crippen molar-refractivity contribution >= 4 is 11.8 Å². The fourth-order valence-electron chi connectivity index (χ4n) is 5.69. The number of carbonyl (C=O) groups excluding carboxylic acids is 2. The fourth-order valence-corrected chi connectivity index (χ4v) is 5.69. The zero-order valence-electron chi connectivity index (χ0n) is 15.0. The highest BCUT2D eigenvalue weighted by Crippen LogP contribution is 2.60. The van der Waals surface area contributed by atoms with Crippen molar-refractivity contribution in [3.63, 3.8) is 0 Å². The number of rotatable bonds is 5. The van der Waals surface area contributed by atoms with Crippen LogP contribution in [0.2, 0.25) is 0 Å². The Balaban J connectivity index is 1.44. The van der Waals surface area contributed by atoms with Crippen LogP contribution in [0.15, 0.2) is 24.3 Å². The molecular formula is C21H26O4. The molecule has 4 aliphatic carbocycles. The van der Waals surface area contributed by atoms with E-state index in [4.69, 9.17) is 9.47 Å². The van der Waals surface area contributed by atoms with Crippen LogP contribution in [0, 0.1) is 23.2 Å². The van der Waals surface area contributed by atoms with Gasteiger partial charge in [0, 0.05) is 5.56 Å². The zero-order valence-corrected chi connectivity index (χ0v) is 15.0. The van der Waals surface area contributed by atoms with E-state index in [1.165, 1.54) is 19.3 Å². The number of Topliss-reactive ketones (excluding diaryl/α,β-unsaturated/α-hetero) is 1. The second-order valence-electron chi connectivity index (χ2n) is 8.34. The van der Waals surface area contributed by atoms with E-state index in [0.29, 0.717) is 29.1 Å². The molecule has 4 saturated carbocycles. The first-order chi connectivity index (χ1) is 12.0. The van der Waals surface area contributed by atoms with Crippen molar-refractivity contribution in [2.24, 2.45) is 23.2 Å². The molecule has 134 valence electrons. The molecular weight excluding hydrogens is 316 g/mol. The Bertz CT molecular complexity index is 640. The first-order valence-corrected chi connectivity index (χ1v) is 9.38. The van der Waals surface area contributed by atoms with Crippen LogP contribution in [0.5, 0.6) is 5.75 Å². The maximum atomic E-state index is 12.9. The molecule has 0 aromatic heterocycles. The van der Waals surface area contributed by atoms with Gasteiger partial charge in [-0.05, 0) is 87.5 Å². The molecule has 4 aliphatic rings. The highest BCUT2D eigenvalue weighted by atomic mass is 16.5. The smallest absolute Gasteiger partial charge is 0.312 e. The lowest BCUT2D eigenvalue weighted by molar-refractivity contribution is -0.174. The van der Waals surface area contributed by atoms with E-state index < -0.39 is 6.10 Å². The van der Waals surface area contributed by atoms with Gasteiger partial charge in [0.25, 0.3) is 0 Å². The molecule has 0 radical (unpaired) electrons. The second kappa shape index (κ2) is 6.15. The van der Waals surface area contributed by atoms with Crippen LogP contribution in [0.25, 0.3) is 0 Å². The van der Waals surface area contributed by atoms with Gasteiger partial charge >= 0.3 is 5.97 Å². The highest BCUT2D eigenvalue weighted by molar-refractivity contribution is 6.00. The van der Waals surface area contributed by atoms with Crippen LogP contribution in [0.4, 0.5) is 0 Å². The van der Waals surface area contributed by atoms with Crippen molar-refractivity contribution < 1.29 is 19.1 Å². The average Bonchev–Trinajstić information content (AvgIpc) is 2.60. The highest BCUT2D eigenvalue weighted by Gasteiger charge is 2.55. The van der Waals surface area contributed by atoms with Crippen molar-refractivity contribution in [2.45, 2.75) is 51.6 Å². The molecule has 0 saturated heterocycles. The number of ketones is 1. The zero-order chi connectivity index (χ0) is 17.6. The van der Waals surface area contributed by atoms with Gasteiger partial charge in [-0.15, -0.1) is 0 Å². The summed E-state index contributed by atoms with van der Waals surface area (Å²) in [4.78, 5) is 25.5. The maximum absolute atomic E-state index is 12.9. The van der Waals surface area contributed by atoms with Crippen LogP contribution in [-0.2, 0) is 9.53 Å². The predicted octanol–water partition coefficient (Wildman–Crippen LogP) is 4.03. The monoisotopic (exact) mass is 342 g/mol. The second-order valence-corrected chi connectivity index (χ2v) is 8.34. The average molecular weight is 342 g/mol. The summed E-state index contributed by atoms with van der Waals surface area (Å²) in [5, 5.41) is 0. The SMILES string of the molecule is COc1ccc(C(=O)[C@H](C)OC(=O)C23CC4CC(CC(C4)C2)C3)cc1. The lowest BCUT2D eigenvalue weighted by Gasteiger charge is -2.55. The van der Waals surface area contributed by atoms with Gasteiger partial charge in [-0.1, -0.05) is 0 Å². The molecule has 0 spiro atoms. The molecule has 4 heteroatoms. The number of hydrogen-bond donors (Lipinski definition) is 0. The Labute approximate surface area is 148 Å². The third-order valence-electron chi connectivity index (χ3n) is 6.50. The standard InChI is InChI=1S/C21H26O4/c1-13(19(22)17-3-5-18(24-2)6-4-17)25-20(23)21-10-14-7-15(11-21)9-16(8-14)12-21/h3-6,13-16H,7-12H2,1-2H3/t13-,14?,15?,16?,21?/m0/s1. The Hall–Kier alpha value is -1.84. The van der Waals surface area contributed by atoms with Crippen molar-refractivity contribution in [1.29, 1.82) is 0 Å². The van der Waals surface area contributed by atoms with E-state index in [1.54, 1.807) is 38.3 Å². The van der Waals surface area contributed by atoms with Gasteiger partial charge < -0.3 is 9.47 Å². The topological polar surface area (TPSA) is 52.6 Å². The van der Waals surface area contributed by atoms with Crippen LogP contribution in [0.1, 0.15) is 55.8 Å². The minimum absolute atomic E-state index is 0.138. The summed E-state index contributed by atoms with van der Waals surface area (Å²) < 4.78 is 10.8. The van der Waals surface area contributed by atoms with Crippen molar-refractivity contribution in [2.75, 3.05) is 7.11 Å². The summed E-state index contributed by atoms with van der Waals surface area (Å²) >= 11 is 0. The van der Waals surface area contributed by atoms with Gasteiger partial charge in [0.2, 0.25) is 5.78 Å². The lowest BCUT2D eigenvalue weighted by Crippen LogP contribution is -2.51. The first kappa shape index (κ1) is 16.6. The summed E-state index contributed by atoms with van der Waals surface area (Å²) in [6, 6.07) is 6.94. The van der Waals surface area contributed by atoms with Crippen LogP contribution in [0.3, 0.4) is 0 Å². The molecule has 25 heavy (non-hydrogen) atoms. The maximum Gasteiger partial charge on any atom is 0.312 e. The molecule has 0 N–H and O–H groups in total. The molecule has 0 heterocycles. The summed E-state index contributed by atoms with van der Waals surface area (Å²) in [5.41, 5.74) is 0.232. The Morgan fingerprint density at radius 3 is 2.00 bits per heavy atom. The molecule has 1 aromatic carbocycles. The third-order valence-corrected chi connectivity index (χ3v) is 6.50. The Kier molecular flexibility index (Phi) is 4.09. The lowest BCUT2D eigenvalue weighted by atomic mass is 9.49. The number of esters is 1. The molecule has 4 fully saturated rings. The van der Waals surface area contributed by atoms with Gasteiger partial charge in [0.1, 0.15) is 5.75 Å². The van der Waals surface area contributed by atoms with E-state index in [1.807, 2.05) is 0 Å². The third kappa shape index (κ3) is 2.96. The van der Waals surface area contributed by atoms with E-state index in [9.17, 15) is 9.59 Å². The van der Waals surface area contributed by atoms with E-state index in [-0.39, 0.29) is 17.2 Å². The van der Waals surface area contributed by atoms with E-state index in [0.717, 1.165) is 19.3 Å². The molecule has 4 nitrogen and oxygen atoms in total. The molecule has 1 aromatic rings. The largest absolute Gasteiger partial charge is 0.497 e. The molecule has 0 unspecified atom stereocenters. The first-order valence-electron chi connectivity index (χ1n) is 9.38. The summed E-state index contributed by atoms with van der Waals surface area (Å²) in [6.07, 6.45) is 5.99. The Morgan fingerprint density at radius 2 is 1.52 bits per heavy atom. The van der Waals surface area contributed by atoms with Gasteiger partial charge in [-0.2, -0.15) is 0 Å². The van der Waals surface area contributed by atoms with Gasteiger partial charge in [-0.25, -0.2) is 0 Å². The molecule has 0 amide bonds. The van der Waals surface area contributed by atoms with Gasteiger partial charge in [-0.3, -0.25) is 9.59 Å². The number of hydrogen-bond acceptors (Lipinski definition) is 4. The molecule has 4 bridgehead atoms. The van der Waals surface area contributed by atoms with Crippen molar-refractivity contribution in [3.05, 3.63) is 29.8 Å². The summed E-state index contributed by atoms with van der Waals surface area (Å²) in [7, 11) is 1.59. The minimum Gasteiger partial charge on any atom is -0.497 e. The van der Waals surface area contributed by atoms with Crippen molar-refractivity contribution in [3.8, 4) is 5.75 Å². The van der Waals surface area contributed by atoms with Crippen LogP contribution in [-0.4, -0.2) is 25.0 Å². The normalized spacial score (nSPS) is 33.8. The number of carbonyl (C=O) groups is 2. The molecule has 0 aliphatic heterocycles. The van der Waals surface area contributed by atoms with E-state index >= 15 is 0 Å². The molecule has 1 atom stereocenters. The molecule has 5 rings (SSSR count).